The predicted octanol–water partition coefficient (Wildman–Crippen LogP) is 1.62. The first-order chi connectivity index (χ1) is 12.7. The Bertz CT molecular complexity index is 902. The van der Waals surface area contributed by atoms with Crippen LogP contribution in [0.2, 0.25) is 0 Å². The lowest BCUT2D eigenvalue weighted by Gasteiger charge is -2.17. The van der Waals surface area contributed by atoms with Gasteiger partial charge in [-0.25, -0.2) is 10.4 Å². The zero-order valence-corrected chi connectivity index (χ0v) is 14.5. The van der Waals surface area contributed by atoms with Gasteiger partial charge in [-0.3, -0.25) is 4.79 Å². The Kier molecular flexibility index (Phi) is 5.60. The maximum atomic E-state index is 12.1. The van der Waals surface area contributed by atoms with E-state index < -0.39 is 0 Å². The molecule has 0 saturated carbocycles. The van der Waals surface area contributed by atoms with Crippen LogP contribution in [-0.2, 0) is 11.3 Å². The number of amides is 1. The summed E-state index contributed by atoms with van der Waals surface area (Å²) in [5.41, 5.74) is 6.18. The Morgan fingerprint density at radius 2 is 2.04 bits per heavy atom. The molecule has 0 aliphatic rings. The molecule has 3 rings (SSSR count). The third kappa shape index (κ3) is 4.25. The fourth-order valence-corrected chi connectivity index (χ4v) is 2.60. The van der Waals surface area contributed by atoms with Crippen molar-refractivity contribution >= 4 is 28.8 Å². The van der Waals surface area contributed by atoms with Gasteiger partial charge in [0.25, 0.3) is 5.91 Å². The van der Waals surface area contributed by atoms with Crippen LogP contribution in [0.3, 0.4) is 0 Å². The fraction of sp³-hybridized carbons (Fsp3) is 0.211. The first-order valence-corrected chi connectivity index (χ1v) is 8.31. The standard InChI is InChI=1S/C19H21N5O2/c1-23(10-11-25)16-8-6-15(7-9-16)12-21-22-19(26)13-24-14-20-17-4-2-3-5-18(17)24/h2-9,12,14,25H,10-11,13H2,1H3,(H,22,26)/b21-12+. The van der Waals surface area contributed by atoms with Gasteiger partial charge in [-0.2, -0.15) is 5.10 Å². The summed E-state index contributed by atoms with van der Waals surface area (Å²) < 4.78 is 1.78. The summed E-state index contributed by atoms with van der Waals surface area (Å²) >= 11 is 0. The number of nitrogens with one attached hydrogen (secondary N) is 1. The number of carbonyl (C=O) groups is 1. The number of nitrogens with zero attached hydrogens (tertiary/aromatic N) is 4. The van der Waals surface area contributed by atoms with Crippen molar-refractivity contribution in [1.82, 2.24) is 15.0 Å². The number of fused-ring (bicyclic) bond motifs is 1. The van der Waals surface area contributed by atoms with E-state index in [4.69, 9.17) is 5.11 Å². The normalized spacial score (nSPS) is 11.2. The van der Waals surface area contributed by atoms with E-state index in [0.29, 0.717) is 6.54 Å². The lowest BCUT2D eigenvalue weighted by atomic mass is 10.2. The second kappa shape index (κ2) is 8.26. The predicted molar refractivity (Wildman–Crippen MR) is 102 cm³/mol. The number of rotatable bonds is 7. The third-order valence-electron chi connectivity index (χ3n) is 4.01. The molecule has 0 atom stereocenters. The van der Waals surface area contributed by atoms with Crippen LogP contribution in [0.4, 0.5) is 5.69 Å². The van der Waals surface area contributed by atoms with Crippen molar-refractivity contribution in [3.05, 3.63) is 60.4 Å². The number of aliphatic hydroxyl groups is 1. The molecule has 1 aromatic heterocycles. The smallest absolute Gasteiger partial charge is 0.260 e. The van der Waals surface area contributed by atoms with Crippen LogP contribution in [0.15, 0.2) is 60.0 Å². The number of likely N-dealkylation sites (N-methyl/N-ethyl adjacent to an activating group) is 1. The summed E-state index contributed by atoms with van der Waals surface area (Å²) in [5.74, 6) is -0.219. The molecule has 0 fully saturated rings. The van der Waals surface area contributed by atoms with Crippen molar-refractivity contribution < 1.29 is 9.90 Å². The van der Waals surface area contributed by atoms with Crippen LogP contribution in [0.25, 0.3) is 11.0 Å². The molecule has 0 radical (unpaired) electrons. The zero-order chi connectivity index (χ0) is 18.4. The maximum Gasteiger partial charge on any atom is 0.260 e. The molecule has 3 aromatic rings. The molecule has 26 heavy (non-hydrogen) atoms. The molecule has 0 unspecified atom stereocenters. The molecule has 134 valence electrons. The van der Waals surface area contributed by atoms with Crippen molar-refractivity contribution in [2.45, 2.75) is 6.54 Å². The second-order valence-electron chi connectivity index (χ2n) is 5.89. The highest BCUT2D eigenvalue weighted by Crippen LogP contribution is 2.13. The molecule has 7 heteroatoms. The number of hydrogen-bond acceptors (Lipinski definition) is 5. The number of anilines is 1. The molecule has 2 N–H and O–H groups in total. The SMILES string of the molecule is CN(CCO)c1ccc(/C=N/NC(=O)Cn2cnc3ccccc32)cc1. The summed E-state index contributed by atoms with van der Waals surface area (Å²) in [6, 6.07) is 15.4. The number of benzene rings is 2. The van der Waals surface area contributed by atoms with Crippen molar-refractivity contribution in [3.8, 4) is 0 Å². The molecule has 7 nitrogen and oxygen atoms in total. The minimum absolute atomic E-state index is 0.109. The highest BCUT2D eigenvalue weighted by molar-refractivity contribution is 5.84. The van der Waals surface area contributed by atoms with Crippen molar-refractivity contribution in [2.24, 2.45) is 5.10 Å². The molecular formula is C19H21N5O2. The minimum Gasteiger partial charge on any atom is -0.395 e. The van der Waals surface area contributed by atoms with Gasteiger partial charge >= 0.3 is 0 Å². The average molecular weight is 351 g/mol. The number of carbonyl (C=O) groups excluding carboxylic acids is 1. The van der Waals surface area contributed by atoms with Crippen LogP contribution >= 0.6 is 0 Å². The largest absolute Gasteiger partial charge is 0.395 e. The first kappa shape index (κ1) is 17.6. The van der Waals surface area contributed by atoms with Gasteiger partial charge in [0.15, 0.2) is 0 Å². The summed E-state index contributed by atoms with van der Waals surface area (Å²) in [6.45, 7) is 0.840. The Hall–Kier alpha value is -3.19. The Labute approximate surface area is 151 Å². The van der Waals surface area contributed by atoms with Gasteiger partial charge in [-0.15, -0.1) is 0 Å². The third-order valence-corrected chi connectivity index (χ3v) is 4.01. The monoisotopic (exact) mass is 351 g/mol. The van der Waals surface area contributed by atoms with Crippen LogP contribution < -0.4 is 10.3 Å². The fourth-order valence-electron chi connectivity index (χ4n) is 2.60. The van der Waals surface area contributed by atoms with Crippen LogP contribution in [-0.4, -0.2) is 47.0 Å². The maximum absolute atomic E-state index is 12.1. The zero-order valence-electron chi connectivity index (χ0n) is 14.5. The summed E-state index contributed by atoms with van der Waals surface area (Å²) in [6.07, 6.45) is 3.25. The number of hydrogen-bond donors (Lipinski definition) is 2. The van der Waals surface area contributed by atoms with Gasteiger partial charge in [-0.1, -0.05) is 24.3 Å². The van der Waals surface area contributed by atoms with E-state index in [0.717, 1.165) is 22.3 Å². The number of hydrazone groups is 1. The quantitative estimate of drug-likeness (QED) is 0.500. The first-order valence-electron chi connectivity index (χ1n) is 8.31. The van der Waals surface area contributed by atoms with Crippen LogP contribution in [0, 0.1) is 0 Å². The van der Waals surface area contributed by atoms with E-state index in [1.807, 2.05) is 60.5 Å². The lowest BCUT2D eigenvalue weighted by molar-refractivity contribution is -0.121. The molecule has 1 amide bonds. The van der Waals surface area contributed by atoms with E-state index in [1.165, 1.54) is 0 Å². The molecule has 2 aromatic carbocycles. The molecule has 0 spiro atoms. The van der Waals surface area contributed by atoms with Gasteiger partial charge in [0, 0.05) is 19.3 Å². The molecular weight excluding hydrogens is 330 g/mol. The van der Waals surface area contributed by atoms with Crippen LogP contribution in [0.5, 0.6) is 0 Å². The average Bonchev–Trinajstić information content (AvgIpc) is 3.05. The molecule has 0 aliphatic carbocycles. The van der Waals surface area contributed by atoms with Crippen molar-refractivity contribution in [1.29, 1.82) is 0 Å². The minimum atomic E-state index is -0.219. The Balaban J connectivity index is 1.55. The van der Waals surface area contributed by atoms with Gasteiger partial charge in [0.2, 0.25) is 0 Å². The number of imidazole rings is 1. The van der Waals surface area contributed by atoms with Crippen molar-refractivity contribution in [3.63, 3.8) is 0 Å². The van der Waals surface area contributed by atoms with E-state index >= 15 is 0 Å². The Morgan fingerprint density at radius 3 is 2.81 bits per heavy atom. The van der Waals surface area contributed by atoms with Crippen molar-refractivity contribution in [2.75, 3.05) is 25.1 Å². The summed E-state index contributed by atoms with van der Waals surface area (Å²) in [4.78, 5) is 18.3. The van der Waals surface area contributed by atoms with Gasteiger partial charge in [-0.05, 0) is 29.8 Å². The van der Waals surface area contributed by atoms with Crippen LogP contribution in [0.1, 0.15) is 5.56 Å². The Morgan fingerprint density at radius 1 is 1.27 bits per heavy atom. The second-order valence-corrected chi connectivity index (χ2v) is 5.89. The number of para-hydroxylation sites is 2. The van der Waals surface area contributed by atoms with E-state index in [1.54, 1.807) is 17.1 Å². The highest BCUT2D eigenvalue weighted by atomic mass is 16.3. The molecule has 0 bridgehead atoms. The summed E-state index contributed by atoms with van der Waals surface area (Å²) in [5, 5.41) is 13.0. The van der Waals surface area contributed by atoms with E-state index in [-0.39, 0.29) is 19.1 Å². The molecule has 1 heterocycles. The molecule has 0 saturated heterocycles. The van der Waals surface area contributed by atoms with Gasteiger partial charge < -0.3 is 14.6 Å². The topological polar surface area (TPSA) is 82.8 Å². The van der Waals surface area contributed by atoms with E-state index in [9.17, 15) is 4.79 Å². The molecule has 0 aliphatic heterocycles. The number of aliphatic hydroxyl groups excluding tert-OH is 1. The van der Waals surface area contributed by atoms with Gasteiger partial charge in [0.05, 0.1) is 30.2 Å². The number of aromatic nitrogens is 2. The lowest BCUT2D eigenvalue weighted by Crippen LogP contribution is -2.22. The highest BCUT2D eigenvalue weighted by Gasteiger charge is 2.06. The van der Waals surface area contributed by atoms with Gasteiger partial charge in [0.1, 0.15) is 6.54 Å². The summed E-state index contributed by atoms with van der Waals surface area (Å²) in [7, 11) is 1.92. The van der Waals surface area contributed by atoms with E-state index in [2.05, 4.69) is 15.5 Å².